The summed E-state index contributed by atoms with van der Waals surface area (Å²) in [5, 5.41) is 11.7. The van der Waals surface area contributed by atoms with E-state index in [-0.39, 0.29) is 12.5 Å². The highest BCUT2D eigenvalue weighted by molar-refractivity contribution is 5.86. The summed E-state index contributed by atoms with van der Waals surface area (Å²) in [5.74, 6) is -0.697. The monoisotopic (exact) mass is 287 g/mol. The molecule has 1 heterocycles. The van der Waals surface area contributed by atoms with Crippen molar-refractivity contribution in [1.29, 1.82) is 0 Å². The number of nitrogens with one attached hydrogen (secondary N) is 1. The van der Waals surface area contributed by atoms with Crippen LogP contribution in [0.1, 0.15) is 39.0 Å². The molecule has 116 valence electrons. The predicted octanol–water partition coefficient (Wildman–Crippen LogP) is 1.19. The Hall–Kier alpha value is -1.14. The van der Waals surface area contributed by atoms with Crippen LogP contribution in [0, 0.1) is 5.92 Å². The Bertz CT molecular complexity index is 328. The van der Waals surface area contributed by atoms with Gasteiger partial charge in [0.2, 0.25) is 5.91 Å². The number of hydrogen-bond acceptors (Lipinski definition) is 4. The molecule has 0 saturated carbocycles. The Balaban J connectivity index is 2.29. The molecule has 0 bridgehead atoms. The van der Waals surface area contributed by atoms with Gasteiger partial charge >= 0.3 is 5.97 Å². The van der Waals surface area contributed by atoms with Crippen LogP contribution < -0.4 is 5.32 Å². The van der Waals surface area contributed by atoms with Crippen molar-refractivity contribution in [1.82, 2.24) is 5.32 Å². The second-order valence-electron chi connectivity index (χ2n) is 5.57. The smallest absolute Gasteiger partial charge is 0.331 e. The Kier molecular flexibility index (Phi) is 6.95. The third-order valence-corrected chi connectivity index (χ3v) is 3.68. The summed E-state index contributed by atoms with van der Waals surface area (Å²) >= 11 is 0. The van der Waals surface area contributed by atoms with Crippen LogP contribution >= 0.6 is 0 Å². The summed E-state index contributed by atoms with van der Waals surface area (Å²) in [6.45, 7) is 3.02. The zero-order chi connectivity index (χ0) is 15.0. The lowest BCUT2D eigenvalue weighted by atomic mass is 9.94. The fourth-order valence-corrected chi connectivity index (χ4v) is 2.40. The van der Waals surface area contributed by atoms with Gasteiger partial charge in [-0.2, -0.15) is 0 Å². The van der Waals surface area contributed by atoms with Crippen LogP contribution in [0.3, 0.4) is 0 Å². The largest absolute Gasteiger partial charge is 0.479 e. The van der Waals surface area contributed by atoms with E-state index in [0.29, 0.717) is 12.3 Å². The molecule has 6 nitrogen and oxygen atoms in total. The van der Waals surface area contributed by atoms with E-state index in [9.17, 15) is 9.59 Å². The van der Waals surface area contributed by atoms with E-state index in [1.165, 1.54) is 14.0 Å². The minimum absolute atomic E-state index is 0.0476. The van der Waals surface area contributed by atoms with Gasteiger partial charge in [-0.25, -0.2) is 4.79 Å². The maximum atomic E-state index is 11.8. The van der Waals surface area contributed by atoms with Crippen LogP contribution in [0.25, 0.3) is 0 Å². The van der Waals surface area contributed by atoms with Crippen LogP contribution in [0.5, 0.6) is 0 Å². The summed E-state index contributed by atoms with van der Waals surface area (Å²) in [5.41, 5.74) is -1.36. The lowest BCUT2D eigenvalue weighted by molar-refractivity contribution is -0.149. The van der Waals surface area contributed by atoms with Gasteiger partial charge in [0.15, 0.2) is 5.54 Å². The van der Waals surface area contributed by atoms with Crippen molar-refractivity contribution in [3.8, 4) is 0 Å². The minimum Gasteiger partial charge on any atom is -0.479 e. The SMILES string of the molecule is COCC(C)(NC(=O)CCCC1CCOCC1)C(=O)O. The van der Waals surface area contributed by atoms with Gasteiger partial charge < -0.3 is 19.9 Å². The number of aliphatic carboxylic acids is 1. The lowest BCUT2D eigenvalue weighted by Crippen LogP contribution is -2.55. The van der Waals surface area contributed by atoms with E-state index in [2.05, 4.69) is 5.32 Å². The highest BCUT2D eigenvalue weighted by atomic mass is 16.5. The average Bonchev–Trinajstić information content (AvgIpc) is 2.40. The molecule has 0 radical (unpaired) electrons. The van der Waals surface area contributed by atoms with Gasteiger partial charge in [-0.15, -0.1) is 0 Å². The summed E-state index contributed by atoms with van der Waals surface area (Å²) in [7, 11) is 1.42. The van der Waals surface area contributed by atoms with Gasteiger partial charge in [0, 0.05) is 26.7 Å². The van der Waals surface area contributed by atoms with Gasteiger partial charge in [-0.3, -0.25) is 4.79 Å². The van der Waals surface area contributed by atoms with Crippen molar-refractivity contribution in [3.63, 3.8) is 0 Å². The molecular formula is C14H25NO5. The predicted molar refractivity (Wildman–Crippen MR) is 73.5 cm³/mol. The number of amides is 1. The van der Waals surface area contributed by atoms with Gasteiger partial charge in [0.1, 0.15) is 0 Å². The number of carbonyl (C=O) groups is 2. The Morgan fingerprint density at radius 3 is 2.60 bits per heavy atom. The number of methoxy groups -OCH3 is 1. The van der Waals surface area contributed by atoms with Crippen molar-refractivity contribution in [2.45, 2.75) is 44.6 Å². The van der Waals surface area contributed by atoms with E-state index in [0.717, 1.165) is 38.9 Å². The quantitative estimate of drug-likeness (QED) is 0.700. The van der Waals surface area contributed by atoms with Crippen molar-refractivity contribution in [2.24, 2.45) is 5.92 Å². The Labute approximate surface area is 119 Å². The Morgan fingerprint density at radius 2 is 2.05 bits per heavy atom. The van der Waals surface area contributed by atoms with Crippen LogP contribution in [0.4, 0.5) is 0 Å². The summed E-state index contributed by atoms with van der Waals surface area (Å²) in [6.07, 6.45) is 4.23. The second-order valence-corrected chi connectivity index (χ2v) is 5.57. The normalized spacial score (nSPS) is 19.3. The van der Waals surface area contributed by atoms with Crippen molar-refractivity contribution in [2.75, 3.05) is 26.9 Å². The number of carboxylic acid groups (broad SMARTS) is 1. The maximum absolute atomic E-state index is 11.8. The molecule has 0 aliphatic carbocycles. The van der Waals surface area contributed by atoms with Crippen molar-refractivity contribution >= 4 is 11.9 Å². The van der Waals surface area contributed by atoms with Crippen molar-refractivity contribution < 1.29 is 24.2 Å². The Morgan fingerprint density at radius 1 is 1.40 bits per heavy atom. The standard InChI is InChI=1S/C14H25NO5/c1-14(10-19-2,13(17)18)15-12(16)5-3-4-11-6-8-20-9-7-11/h11H,3-10H2,1-2H3,(H,15,16)(H,17,18). The molecule has 2 N–H and O–H groups in total. The number of ether oxygens (including phenoxy) is 2. The molecule has 0 aromatic carbocycles. The van der Waals surface area contributed by atoms with Crippen LogP contribution in [0.15, 0.2) is 0 Å². The summed E-state index contributed by atoms with van der Waals surface area (Å²) < 4.78 is 10.1. The number of carboxylic acids is 1. The third kappa shape index (κ3) is 5.46. The zero-order valence-electron chi connectivity index (χ0n) is 12.3. The first kappa shape index (κ1) is 16.9. The first-order chi connectivity index (χ1) is 9.48. The maximum Gasteiger partial charge on any atom is 0.331 e. The molecule has 1 fully saturated rings. The molecule has 0 aromatic rings. The molecule has 1 atom stereocenters. The van der Waals surface area contributed by atoms with Gasteiger partial charge in [-0.1, -0.05) is 0 Å². The third-order valence-electron chi connectivity index (χ3n) is 3.68. The molecule has 20 heavy (non-hydrogen) atoms. The average molecular weight is 287 g/mol. The molecule has 6 heteroatoms. The van der Waals surface area contributed by atoms with E-state index in [4.69, 9.17) is 14.6 Å². The molecule has 1 aliphatic rings. The fraction of sp³-hybridized carbons (Fsp3) is 0.857. The second kappa shape index (κ2) is 8.21. The lowest BCUT2D eigenvalue weighted by Gasteiger charge is -2.25. The van der Waals surface area contributed by atoms with E-state index < -0.39 is 11.5 Å². The van der Waals surface area contributed by atoms with Gasteiger partial charge in [0.05, 0.1) is 6.61 Å². The molecule has 1 saturated heterocycles. The molecule has 1 rings (SSSR count). The fourth-order valence-electron chi connectivity index (χ4n) is 2.40. The van der Waals surface area contributed by atoms with Crippen LogP contribution in [-0.4, -0.2) is 49.5 Å². The molecule has 0 spiro atoms. The van der Waals surface area contributed by atoms with Crippen LogP contribution in [0.2, 0.25) is 0 Å². The molecule has 1 amide bonds. The topological polar surface area (TPSA) is 84.9 Å². The zero-order valence-corrected chi connectivity index (χ0v) is 12.3. The number of carbonyl (C=O) groups excluding carboxylic acids is 1. The van der Waals surface area contributed by atoms with E-state index in [1.54, 1.807) is 0 Å². The summed E-state index contributed by atoms with van der Waals surface area (Å²) in [4.78, 5) is 23.0. The van der Waals surface area contributed by atoms with Gasteiger partial charge in [-0.05, 0) is 38.5 Å². The van der Waals surface area contributed by atoms with E-state index in [1.807, 2.05) is 0 Å². The molecule has 1 unspecified atom stereocenters. The van der Waals surface area contributed by atoms with E-state index >= 15 is 0 Å². The first-order valence-electron chi connectivity index (χ1n) is 7.09. The molecular weight excluding hydrogens is 262 g/mol. The molecule has 1 aliphatic heterocycles. The highest BCUT2D eigenvalue weighted by Gasteiger charge is 2.34. The van der Waals surface area contributed by atoms with Crippen molar-refractivity contribution in [3.05, 3.63) is 0 Å². The minimum atomic E-state index is -1.36. The molecule has 0 aromatic heterocycles. The number of rotatable bonds is 8. The van der Waals surface area contributed by atoms with Crippen LogP contribution in [-0.2, 0) is 19.1 Å². The highest BCUT2D eigenvalue weighted by Crippen LogP contribution is 2.20. The summed E-state index contributed by atoms with van der Waals surface area (Å²) in [6, 6.07) is 0. The number of hydrogen-bond donors (Lipinski definition) is 2. The van der Waals surface area contributed by atoms with Gasteiger partial charge in [0.25, 0.3) is 0 Å². The first-order valence-corrected chi connectivity index (χ1v) is 7.09.